The Morgan fingerprint density at radius 1 is 0.848 bits per heavy atom. The molecule has 12 nitrogen and oxygen atoms in total. The molecule has 10 N–H and O–H groups in total. The number of thioether (sulfide) groups is 2. The molecule has 0 saturated carbocycles. The predicted octanol–water partition coefficient (Wildman–Crippen LogP) is -1.57. The number of carboxylic acid groups (broad SMARTS) is 1. The minimum Gasteiger partial charge on any atom is -0.480 e. The standard InChI is InChI=1S/C19H37N7O5S2/c1-11(20)15(27)24-13(6-9-32-2)17(29)25-12(5-4-8-23-19(21)22)16(28)26-14(18(30)31)7-10-33-3/h11-14H,4-10,20H2,1-3H3,(H,24,27)(H,25,29)(H,26,28)(H,30,31)(H4,21,22,23). The lowest BCUT2D eigenvalue weighted by Crippen LogP contribution is -2.57. The molecule has 14 heteroatoms. The fraction of sp³-hybridized carbons (Fsp3) is 0.737. The van der Waals surface area contributed by atoms with E-state index in [1.165, 1.54) is 30.4 Å². The van der Waals surface area contributed by atoms with E-state index < -0.39 is 47.9 Å². The van der Waals surface area contributed by atoms with Crippen LogP contribution in [0.5, 0.6) is 0 Å². The minimum absolute atomic E-state index is 0.0983. The number of nitrogens with two attached hydrogens (primary N) is 3. The van der Waals surface area contributed by atoms with Crippen molar-refractivity contribution in [1.29, 1.82) is 0 Å². The number of nitrogens with one attached hydrogen (secondary N) is 3. The third-order valence-corrected chi connectivity index (χ3v) is 5.75. The normalized spacial score (nSPS) is 14.3. The molecule has 4 atom stereocenters. The van der Waals surface area contributed by atoms with Crippen LogP contribution in [-0.2, 0) is 19.2 Å². The number of rotatable bonds is 17. The number of guanidine groups is 1. The summed E-state index contributed by atoms with van der Waals surface area (Å²) >= 11 is 2.96. The van der Waals surface area contributed by atoms with Crippen LogP contribution < -0.4 is 33.2 Å². The Labute approximate surface area is 203 Å². The molecule has 190 valence electrons. The topological polar surface area (TPSA) is 215 Å². The second kappa shape index (κ2) is 17.3. The number of nitrogens with zero attached hydrogens (tertiary/aromatic N) is 1. The van der Waals surface area contributed by atoms with Gasteiger partial charge in [0.2, 0.25) is 17.7 Å². The molecule has 0 aliphatic heterocycles. The highest BCUT2D eigenvalue weighted by molar-refractivity contribution is 7.98. The van der Waals surface area contributed by atoms with Gasteiger partial charge >= 0.3 is 5.97 Å². The van der Waals surface area contributed by atoms with E-state index in [9.17, 15) is 24.3 Å². The van der Waals surface area contributed by atoms with E-state index in [2.05, 4.69) is 20.9 Å². The zero-order chi connectivity index (χ0) is 25.4. The first-order valence-corrected chi connectivity index (χ1v) is 13.2. The molecule has 0 heterocycles. The molecule has 0 aromatic heterocycles. The number of hydrogen-bond acceptors (Lipinski definition) is 8. The number of carbonyl (C=O) groups excluding carboxylic acids is 3. The molecule has 4 unspecified atom stereocenters. The second-order valence-electron chi connectivity index (χ2n) is 7.32. The average Bonchev–Trinajstić information content (AvgIpc) is 2.74. The summed E-state index contributed by atoms with van der Waals surface area (Å²) in [7, 11) is 0. The second-order valence-corrected chi connectivity index (χ2v) is 9.29. The molecule has 0 spiro atoms. The summed E-state index contributed by atoms with van der Waals surface area (Å²) in [5, 5.41) is 17.1. The predicted molar refractivity (Wildman–Crippen MR) is 133 cm³/mol. The van der Waals surface area contributed by atoms with Crippen molar-refractivity contribution in [3.05, 3.63) is 0 Å². The van der Waals surface area contributed by atoms with Crippen molar-refractivity contribution in [3.63, 3.8) is 0 Å². The lowest BCUT2D eigenvalue weighted by atomic mass is 10.1. The quantitative estimate of drug-likeness (QED) is 0.0682. The summed E-state index contributed by atoms with van der Waals surface area (Å²) in [6.07, 6.45) is 4.79. The third-order valence-electron chi connectivity index (χ3n) is 4.46. The highest BCUT2D eigenvalue weighted by Crippen LogP contribution is 2.07. The Kier molecular flexibility index (Phi) is 16.2. The Bertz CT molecular complexity index is 675. The van der Waals surface area contributed by atoms with Gasteiger partial charge in [0.05, 0.1) is 6.04 Å². The van der Waals surface area contributed by atoms with Crippen LogP contribution in [0.15, 0.2) is 4.99 Å². The van der Waals surface area contributed by atoms with E-state index in [0.717, 1.165) is 0 Å². The number of hydrogen-bond donors (Lipinski definition) is 7. The lowest BCUT2D eigenvalue weighted by molar-refractivity contribution is -0.142. The summed E-state index contributed by atoms with van der Waals surface area (Å²) in [4.78, 5) is 53.2. The molecule has 0 aliphatic carbocycles. The van der Waals surface area contributed by atoms with Gasteiger partial charge in [-0.2, -0.15) is 23.5 Å². The third kappa shape index (κ3) is 13.8. The molecule has 3 amide bonds. The van der Waals surface area contributed by atoms with Crippen LogP contribution in [0.2, 0.25) is 0 Å². The van der Waals surface area contributed by atoms with Crippen molar-refractivity contribution >= 4 is 53.2 Å². The maximum atomic E-state index is 12.9. The van der Waals surface area contributed by atoms with Gasteiger partial charge < -0.3 is 38.3 Å². The monoisotopic (exact) mass is 507 g/mol. The first kappa shape index (κ1) is 30.8. The van der Waals surface area contributed by atoms with Crippen molar-refractivity contribution < 1.29 is 24.3 Å². The fourth-order valence-corrected chi connectivity index (χ4v) is 3.56. The summed E-state index contributed by atoms with van der Waals surface area (Å²) in [6.45, 7) is 1.73. The van der Waals surface area contributed by atoms with Gasteiger partial charge in [-0.1, -0.05) is 0 Å². The summed E-state index contributed by atoms with van der Waals surface area (Å²) in [6, 6.07) is -3.82. The van der Waals surface area contributed by atoms with Gasteiger partial charge in [-0.3, -0.25) is 19.4 Å². The molecule has 0 aromatic carbocycles. The molecule has 0 aliphatic rings. The highest BCUT2D eigenvalue weighted by Gasteiger charge is 2.29. The summed E-state index contributed by atoms with van der Waals surface area (Å²) in [5.74, 6) is -1.82. The largest absolute Gasteiger partial charge is 0.480 e. The number of carbonyl (C=O) groups is 4. The number of carboxylic acids is 1. The van der Waals surface area contributed by atoms with Crippen molar-refractivity contribution in [2.45, 2.75) is 56.8 Å². The Morgan fingerprint density at radius 3 is 1.76 bits per heavy atom. The van der Waals surface area contributed by atoms with Gasteiger partial charge in [-0.25, -0.2) is 4.79 Å². The molecule has 0 fully saturated rings. The summed E-state index contributed by atoms with van der Waals surface area (Å²) in [5.41, 5.74) is 16.2. The van der Waals surface area contributed by atoms with Crippen LogP contribution in [0.25, 0.3) is 0 Å². The fourth-order valence-electron chi connectivity index (χ4n) is 2.62. The highest BCUT2D eigenvalue weighted by atomic mass is 32.2. The number of aliphatic carboxylic acids is 1. The SMILES string of the molecule is CSCCC(NC(=O)C(CCCN=C(N)N)NC(=O)C(CCSC)NC(=O)C(C)N)C(=O)O. The Hall–Kier alpha value is -2.19. The van der Waals surface area contributed by atoms with E-state index in [-0.39, 0.29) is 25.3 Å². The molecule has 33 heavy (non-hydrogen) atoms. The maximum absolute atomic E-state index is 12.9. The van der Waals surface area contributed by atoms with E-state index in [0.29, 0.717) is 24.3 Å². The van der Waals surface area contributed by atoms with Gasteiger partial charge in [0, 0.05) is 6.54 Å². The molecule has 0 rings (SSSR count). The van der Waals surface area contributed by atoms with Crippen molar-refractivity contribution in [2.75, 3.05) is 30.6 Å². The van der Waals surface area contributed by atoms with E-state index in [1.54, 1.807) is 0 Å². The minimum atomic E-state index is -1.16. The van der Waals surface area contributed by atoms with Crippen LogP contribution in [0.4, 0.5) is 0 Å². The van der Waals surface area contributed by atoms with E-state index in [1.807, 2.05) is 12.5 Å². The van der Waals surface area contributed by atoms with Gasteiger partial charge in [-0.15, -0.1) is 0 Å². The molecular formula is C19H37N7O5S2. The number of aliphatic imine (C=N–C) groups is 1. The average molecular weight is 508 g/mol. The van der Waals surface area contributed by atoms with Gasteiger partial charge in [0.1, 0.15) is 18.1 Å². The van der Waals surface area contributed by atoms with Crippen LogP contribution in [0, 0.1) is 0 Å². The zero-order valence-corrected chi connectivity index (χ0v) is 21.0. The number of amides is 3. The molecular weight excluding hydrogens is 470 g/mol. The smallest absolute Gasteiger partial charge is 0.326 e. The van der Waals surface area contributed by atoms with Gasteiger partial charge in [0.25, 0.3) is 0 Å². The molecule has 0 radical (unpaired) electrons. The first-order chi connectivity index (χ1) is 15.5. The van der Waals surface area contributed by atoms with Gasteiger partial charge in [-0.05, 0) is 56.6 Å². The summed E-state index contributed by atoms with van der Waals surface area (Å²) < 4.78 is 0. The first-order valence-electron chi connectivity index (χ1n) is 10.5. The van der Waals surface area contributed by atoms with Crippen LogP contribution in [-0.4, -0.2) is 89.5 Å². The lowest BCUT2D eigenvalue weighted by Gasteiger charge is -2.25. The van der Waals surface area contributed by atoms with E-state index >= 15 is 0 Å². The Morgan fingerprint density at radius 2 is 1.30 bits per heavy atom. The molecule has 0 aromatic rings. The molecule has 0 bridgehead atoms. The molecule has 0 saturated heterocycles. The van der Waals surface area contributed by atoms with Gasteiger partial charge in [0.15, 0.2) is 5.96 Å². The van der Waals surface area contributed by atoms with Crippen molar-refractivity contribution in [2.24, 2.45) is 22.2 Å². The van der Waals surface area contributed by atoms with Crippen molar-refractivity contribution in [3.8, 4) is 0 Å². The maximum Gasteiger partial charge on any atom is 0.326 e. The van der Waals surface area contributed by atoms with Crippen LogP contribution in [0.3, 0.4) is 0 Å². The van der Waals surface area contributed by atoms with Crippen LogP contribution >= 0.6 is 23.5 Å². The zero-order valence-electron chi connectivity index (χ0n) is 19.3. The van der Waals surface area contributed by atoms with Crippen molar-refractivity contribution in [1.82, 2.24) is 16.0 Å². The van der Waals surface area contributed by atoms with E-state index in [4.69, 9.17) is 17.2 Å². The Balaban J connectivity index is 5.46. The van der Waals surface area contributed by atoms with Crippen LogP contribution in [0.1, 0.15) is 32.6 Å².